The smallest absolute Gasteiger partial charge is 0.338 e. The molecule has 0 heterocycles. The maximum Gasteiger partial charge on any atom is 0.338 e. The molecule has 1 aromatic carbocycles. The molecule has 5 heteroatoms. The van der Waals surface area contributed by atoms with Crippen LogP contribution in [0.25, 0.3) is 0 Å². The molecule has 0 bridgehead atoms. The molecule has 5 nitrogen and oxygen atoms in total. The molecule has 0 amide bonds. The van der Waals surface area contributed by atoms with E-state index in [1.807, 2.05) is 20.8 Å². The summed E-state index contributed by atoms with van der Waals surface area (Å²) in [7, 11) is 1.63. The average molecular weight is 281 g/mol. The van der Waals surface area contributed by atoms with E-state index in [1.54, 1.807) is 25.3 Å². The lowest BCUT2D eigenvalue weighted by atomic mass is 10.1. The molecule has 0 spiro atoms. The van der Waals surface area contributed by atoms with E-state index in [9.17, 15) is 4.79 Å². The fourth-order valence-corrected chi connectivity index (χ4v) is 1.56. The molecule has 1 rings (SSSR count). The van der Waals surface area contributed by atoms with Crippen LogP contribution >= 0.6 is 0 Å². The number of esters is 1. The number of anilines is 1. The van der Waals surface area contributed by atoms with Crippen molar-refractivity contribution in [3.05, 3.63) is 23.8 Å². The summed E-state index contributed by atoms with van der Waals surface area (Å²) in [4.78, 5) is 12.0. The Morgan fingerprint density at radius 2 is 2.00 bits per heavy atom. The van der Waals surface area contributed by atoms with Gasteiger partial charge in [-0.25, -0.2) is 4.79 Å². The van der Waals surface area contributed by atoms with Crippen molar-refractivity contribution in [2.45, 2.75) is 32.8 Å². The maximum absolute atomic E-state index is 12.0. The normalized spacial score (nSPS) is 11.2. The summed E-state index contributed by atoms with van der Waals surface area (Å²) < 4.78 is 15.8. The molecule has 20 heavy (non-hydrogen) atoms. The second-order valence-electron chi connectivity index (χ2n) is 5.07. The Bertz CT molecular complexity index is 457. The van der Waals surface area contributed by atoms with Crippen LogP contribution in [0.4, 0.5) is 5.69 Å². The Kier molecular flexibility index (Phi) is 5.82. The number of carbonyl (C=O) groups excluding carboxylic acids is 1. The maximum atomic E-state index is 12.0. The van der Waals surface area contributed by atoms with Crippen LogP contribution in [0.2, 0.25) is 0 Å². The summed E-state index contributed by atoms with van der Waals surface area (Å²) in [6.45, 7) is 6.55. The zero-order chi connectivity index (χ0) is 15.2. The molecular weight excluding hydrogens is 258 g/mol. The van der Waals surface area contributed by atoms with Gasteiger partial charge in [0.15, 0.2) is 0 Å². The second-order valence-corrected chi connectivity index (χ2v) is 5.07. The van der Waals surface area contributed by atoms with Crippen LogP contribution in [0.15, 0.2) is 18.2 Å². The molecule has 0 atom stereocenters. The van der Waals surface area contributed by atoms with Crippen LogP contribution in [-0.2, 0) is 9.47 Å². The number of rotatable bonds is 7. The van der Waals surface area contributed by atoms with Crippen LogP contribution < -0.4 is 10.5 Å². The van der Waals surface area contributed by atoms with Crippen molar-refractivity contribution in [3.63, 3.8) is 0 Å². The molecule has 0 radical (unpaired) electrons. The van der Waals surface area contributed by atoms with E-state index in [1.165, 1.54) is 0 Å². The van der Waals surface area contributed by atoms with Crippen LogP contribution in [-0.4, -0.2) is 31.9 Å². The van der Waals surface area contributed by atoms with Crippen LogP contribution in [0.3, 0.4) is 0 Å². The third kappa shape index (κ3) is 5.09. The van der Waals surface area contributed by atoms with Gasteiger partial charge in [-0.05, 0) is 32.9 Å². The molecule has 1 aromatic rings. The molecular formula is C15H23NO4. The first-order valence-corrected chi connectivity index (χ1v) is 6.63. The summed E-state index contributed by atoms with van der Waals surface area (Å²) in [6, 6.07) is 4.88. The molecule has 0 aliphatic carbocycles. The minimum absolute atomic E-state index is 0.290. The first-order chi connectivity index (χ1) is 9.38. The number of methoxy groups -OCH3 is 1. The van der Waals surface area contributed by atoms with Crippen LogP contribution in [0.1, 0.15) is 37.6 Å². The van der Waals surface area contributed by atoms with E-state index in [4.69, 9.17) is 19.9 Å². The Morgan fingerprint density at radius 1 is 1.30 bits per heavy atom. The highest BCUT2D eigenvalue weighted by molar-refractivity contribution is 5.91. The van der Waals surface area contributed by atoms with Crippen LogP contribution in [0.5, 0.6) is 5.75 Å². The van der Waals surface area contributed by atoms with E-state index in [2.05, 4.69) is 0 Å². The lowest BCUT2D eigenvalue weighted by Crippen LogP contribution is -2.25. The van der Waals surface area contributed by atoms with E-state index in [0.717, 1.165) is 0 Å². The van der Waals surface area contributed by atoms with Crippen LogP contribution in [0, 0.1) is 0 Å². The van der Waals surface area contributed by atoms with Gasteiger partial charge in [-0.15, -0.1) is 0 Å². The first-order valence-electron chi connectivity index (χ1n) is 6.63. The van der Waals surface area contributed by atoms with Gasteiger partial charge in [-0.3, -0.25) is 0 Å². The molecule has 0 saturated heterocycles. The molecule has 112 valence electrons. The molecule has 0 aliphatic rings. The number of nitrogen functional groups attached to an aromatic ring is 1. The molecule has 0 aromatic heterocycles. The zero-order valence-corrected chi connectivity index (χ0v) is 12.6. The van der Waals surface area contributed by atoms with Crippen molar-refractivity contribution in [3.8, 4) is 5.75 Å². The molecule has 0 aliphatic heterocycles. The fraction of sp³-hybridized carbons (Fsp3) is 0.533. The molecule has 2 N–H and O–H groups in total. The summed E-state index contributed by atoms with van der Waals surface area (Å²) in [6.07, 6.45) is 0.621. The third-order valence-corrected chi connectivity index (χ3v) is 2.97. The highest BCUT2D eigenvalue weighted by atomic mass is 16.5. The van der Waals surface area contributed by atoms with Crippen molar-refractivity contribution in [2.24, 2.45) is 0 Å². The number of hydrogen-bond acceptors (Lipinski definition) is 5. The largest absolute Gasteiger partial charge is 0.494 e. The Balaban J connectivity index is 2.63. The van der Waals surface area contributed by atoms with Gasteiger partial charge in [0.25, 0.3) is 0 Å². The molecule has 0 saturated carbocycles. The number of ether oxygens (including phenoxy) is 3. The first kappa shape index (κ1) is 16.3. The highest BCUT2D eigenvalue weighted by Gasteiger charge is 2.17. The van der Waals surface area contributed by atoms with Gasteiger partial charge in [0.2, 0.25) is 0 Å². The van der Waals surface area contributed by atoms with Crippen molar-refractivity contribution in [1.82, 2.24) is 0 Å². The minimum atomic E-state index is -0.412. The van der Waals surface area contributed by atoms with Gasteiger partial charge in [0.05, 0.1) is 24.4 Å². The van der Waals surface area contributed by atoms with Gasteiger partial charge >= 0.3 is 5.97 Å². The number of benzene rings is 1. The van der Waals surface area contributed by atoms with E-state index in [0.29, 0.717) is 36.6 Å². The summed E-state index contributed by atoms with van der Waals surface area (Å²) in [5.41, 5.74) is 6.29. The Hall–Kier alpha value is -1.75. The lowest BCUT2D eigenvalue weighted by Gasteiger charge is -2.22. The van der Waals surface area contributed by atoms with Crippen molar-refractivity contribution in [2.75, 3.05) is 26.1 Å². The van der Waals surface area contributed by atoms with Crippen molar-refractivity contribution < 1.29 is 19.0 Å². The van der Waals surface area contributed by atoms with E-state index in [-0.39, 0.29) is 5.60 Å². The van der Waals surface area contributed by atoms with E-state index < -0.39 is 5.97 Å². The van der Waals surface area contributed by atoms with Gasteiger partial charge in [-0.1, -0.05) is 0 Å². The quantitative estimate of drug-likeness (QED) is 0.614. The molecule has 0 unspecified atom stereocenters. The summed E-state index contributed by atoms with van der Waals surface area (Å²) >= 11 is 0. The van der Waals surface area contributed by atoms with Gasteiger partial charge < -0.3 is 19.9 Å². The SMILES string of the molecule is CCOc1cc(N)cc(C(=O)OCCC(C)(C)OC)c1. The van der Waals surface area contributed by atoms with E-state index >= 15 is 0 Å². The Morgan fingerprint density at radius 3 is 2.60 bits per heavy atom. The lowest BCUT2D eigenvalue weighted by molar-refractivity contribution is -0.00564. The zero-order valence-electron chi connectivity index (χ0n) is 12.6. The monoisotopic (exact) mass is 281 g/mol. The topological polar surface area (TPSA) is 70.8 Å². The Labute approximate surface area is 120 Å². The van der Waals surface area contributed by atoms with Crippen molar-refractivity contribution in [1.29, 1.82) is 0 Å². The third-order valence-electron chi connectivity index (χ3n) is 2.97. The van der Waals surface area contributed by atoms with Gasteiger partial charge in [0.1, 0.15) is 5.75 Å². The van der Waals surface area contributed by atoms with Gasteiger partial charge in [0, 0.05) is 25.3 Å². The highest BCUT2D eigenvalue weighted by Crippen LogP contribution is 2.20. The number of carbonyl (C=O) groups is 1. The second kappa shape index (κ2) is 7.14. The predicted octanol–water partition coefficient (Wildman–Crippen LogP) is 2.64. The van der Waals surface area contributed by atoms with Crippen molar-refractivity contribution >= 4 is 11.7 Å². The number of nitrogens with two attached hydrogens (primary N) is 1. The van der Waals surface area contributed by atoms with Gasteiger partial charge in [-0.2, -0.15) is 0 Å². The molecule has 0 fully saturated rings. The fourth-order valence-electron chi connectivity index (χ4n) is 1.56. The standard InChI is InChI=1S/C15H23NO4/c1-5-19-13-9-11(8-12(16)10-13)14(17)20-7-6-15(2,3)18-4/h8-10H,5-7,16H2,1-4H3. The average Bonchev–Trinajstić information content (AvgIpc) is 2.38. The summed E-state index contributed by atoms with van der Waals surface area (Å²) in [5, 5.41) is 0. The summed E-state index contributed by atoms with van der Waals surface area (Å²) in [5.74, 6) is 0.154. The predicted molar refractivity (Wildman–Crippen MR) is 78.0 cm³/mol. The minimum Gasteiger partial charge on any atom is -0.494 e. The number of hydrogen-bond donors (Lipinski definition) is 1.